The molecule has 0 saturated heterocycles. The summed E-state index contributed by atoms with van der Waals surface area (Å²) in [6, 6.07) is 0. The Kier molecular flexibility index (Phi) is 4.84. The summed E-state index contributed by atoms with van der Waals surface area (Å²) in [6.07, 6.45) is 5.81. The first-order chi connectivity index (χ1) is 7.00. The Morgan fingerprint density at radius 2 is 1.73 bits per heavy atom. The maximum Gasteiger partial charge on any atom is 0.123 e. The lowest BCUT2D eigenvalue weighted by Gasteiger charge is -2.29. The maximum absolute atomic E-state index is 6.11. The molecule has 0 aromatic rings. The molecule has 1 aliphatic carbocycles. The van der Waals surface area contributed by atoms with Crippen LogP contribution in [0, 0.1) is 0 Å². The van der Waals surface area contributed by atoms with E-state index in [1.54, 1.807) is 0 Å². The molecule has 0 aromatic heterocycles. The summed E-state index contributed by atoms with van der Waals surface area (Å²) in [5.74, 6) is 0. The van der Waals surface area contributed by atoms with Gasteiger partial charge in [-0.3, -0.25) is 0 Å². The molecule has 0 radical (unpaired) electrons. The second-order valence-corrected chi connectivity index (χ2v) is 4.63. The summed E-state index contributed by atoms with van der Waals surface area (Å²) in [6.45, 7) is 8.00. The van der Waals surface area contributed by atoms with Gasteiger partial charge in [0, 0.05) is 5.03 Å². The van der Waals surface area contributed by atoms with E-state index in [4.69, 9.17) is 21.1 Å². The van der Waals surface area contributed by atoms with Crippen LogP contribution >= 0.6 is 11.6 Å². The van der Waals surface area contributed by atoms with Crippen LogP contribution in [-0.2, 0) is 9.47 Å². The van der Waals surface area contributed by atoms with Gasteiger partial charge in [0.05, 0.1) is 12.2 Å². The molecule has 0 aliphatic heterocycles. The average molecular weight is 231 g/mol. The lowest BCUT2D eigenvalue weighted by molar-refractivity contribution is -0.0728. The first-order valence-corrected chi connectivity index (χ1v) is 5.73. The summed E-state index contributed by atoms with van der Waals surface area (Å²) in [5, 5.41) is 0.705. The topological polar surface area (TPSA) is 18.5 Å². The highest BCUT2D eigenvalue weighted by Gasteiger charge is 2.27. The smallest absolute Gasteiger partial charge is 0.123 e. The van der Waals surface area contributed by atoms with Crippen LogP contribution in [0.3, 0.4) is 0 Å². The van der Waals surface area contributed by atoms with Crippen LogP contribution in [0.1, 0.15) is 27.7 Å². The monoisotopic (exact) mass is 230 g/mol. The van der Waals surface area contributed by atoms with Crippen molar-refractivity contribution in [2.24, 2.45) is 0 Å². The lowest BCUT2D eigenvalue weighted by Crippen LogP contribution is -2.35. The van der Waals surface area contributed by atoms with E-state index in [1.165, 1.54) is 0 Å². The minimum absolute atomic E-state index is 0.0788. The van der Waals surface area contributed by atoms with Gasteiger partial charge in [0.1, 0.15) is 12.2 Å². The van der Waals surface area contributed by atoms with E-state index in [2.05, 4.69) is 0 Å². The fourth-order valence-corrected chi connectivity index (χ4v) is 1.72. The SMILES string of the molecule is CC(C)O[C@H]1C=CC=C(Cl)[C@H]1OC(C)C. The molecule has 0 aromatic carbocycles. The maximum atomic E-state index is 6.11. The van der Waals surface area contributed by atoms with Gasteiger partial charge in [-0.15, -0.1) is 0 Å². The van der Waals surface area contributed by atoms with Gasteiger partial charge < -0.3 is 9.47 Å². The summed E-state index contributed by atoms with van der Waals surface area (Å²) in [4.78, 5) is 0. The Balaban J connectivity index is 2.67. The summed E-state index contributed by atoms with van der Waals surface area (Å²) in [7, 11) is 0. The zero-order chi connectivity index (χ0) is 11.4. The fraction of sp³-hybridized carbons (Fsp3) is 0.667. The third-order valence-electron chi connectivity index (χ3n) is 1.97. The van der Waals surface area contributed by atoms with Crippen molar-refractivity contribution in [2.45, 2.75) is 52.1 Å². The van der Waals surface area contributed by atoms with Crippen LogP contribution in [0.15, 0.2) is 23.3 Å². The van der Waals surface area contributed by atoms with E-state index in [1.807, 2.05) is 45.9 Å². The van der Waals surface area contributed by atoms with Crippen molar-refractivity contribution in [1.29, 1.82) is 0 Å². The molecule has 0 heterocycles. The molecule has 0 spiro atoms. The molecule has 0 bridgehead atoms. The van der Waals surface area contributed by atoms with Crippen molar-refractivity contribution in [3.05, 3.63) is 23.3 Å². The molecular weight excluding hydrogens is 212 g/mol. The molecule has 0 fully saturated rings. The van der Waals surface area contributed by atoms with Gasteiger partial charge in [-0.2, -0.15) is 0 Å². The predicted octanol–water partition coefficient (Wildman–Crippen LogP) is 3.27. The quantitative estimate of drug-likeness (QED) is 0.738. The zero-order valence-electron chi connectivity index (χ0n) is 9.74. The molecule has 86 valence electrons. The normalized spacial score (nSPS) is 26.2. The van der Waals surface area contributed by atoms with Crippen LogP contribution < -0.4 is 0 Å². The van der Waals surface area contributed by atoms with Gasteiger partial charge in [0.25, 0.3) is 0 Å². The van der Waals surface area contributed by atoms with E-state index >= 15 is 0 Å². The van der Waals surface area contributed by atoms with Crippen molar-refractivity contribution in [3.8, 4) is 0 Å². The number of rotatable bonds is 4. The van der Waals surface area contributed by atoms with E-state index < -0.39 is 0 Å². The Morgan fingerprint density at radius 3 is 2.27 bits per heavy atom. The van der Waals surface area contributed by atoms with E-state index in [0.717, 1.165) is 0 Å². The first-order valence-electron chi connectivity index (χ1n) is 5.35. The third kappa shape index (κ3) is 3.98. The highest BCUT2D eigenvalue weighted by atomic mass is 35.5. The Hall–Kier alpha value is -0.310. The van der Waals surface area contributed by atoms with Crippen LogP contribution in [0.4, 0.5) is 0 Å². The zero-order valence-corrected chi connectivity index (χ0v) is 10.5. The fourth-order valence-electron chi connectivity index (χ4n) is 1.48. The summed E-state index contributed by atoms with van der Waals surface area (Å²) in [5.41, 5.74) is 0. The van der Waals surface area contributed by atoms with E-state index in [9.17, 15) is 0 Å². The van der Waals surface area contributed by atoms with Gasteiger partial charge in [-0.05, 0) is 33.8 Å². The molecule has 1 aliphatic rings. The van der Waals surface area contributed by atoms with E-state index in [0.29, 0.717) is 5.03 Å². The number of allylic oxidation sites excluding steroid dienone is 2. The van der Waals surface area contributed by atoms with Crippen molar-refractivity contribution in [3.63, 3.8) is 0 Å². The Morgan fingerprint density at radius 1 is 1.13 bits per heavy atom. The van der Waals surface area contributed by atoms with Crippen molar-refractivity contribution >= 4 is 11.6 Å². The summed E-state index contributed by atoms with van der Waals surface area (Å²) < 4.78 is 11.5. The number of halogens is 1. The minimum atomic E-state index is -0.168. The highest BCUT2D eigenvalue weighted by molar-refractivity contribution is 6.30. The molecule has 1 rings (SSSR count). The molecule has 0 amide bonds. The largest absolute Gasteiger partial charge is 0.368 e. The molecule has 0 N–H and O–H groups in total. The van der Waals surface area contributed by atoms with Crippen LogP contribution in [0.2, 0.25) is 0 Å². The van der Waals surface area contributed by atoms with Crippen LogP contribution in [-0.4, -0.2) is 24.4 Å². The minimum Gasteiger partial charge on any atom is -0.368 e. The number of ether oxygens (including phenoxy) is 2. The van der Waals surface area contributed by atoms with Crippen molar-refractivity contribution in [1.82, 2.24) is 0 Å². The molecule has 2 nitrogen and oxygen atoms in total. The van der Waals surface area contributed by atoms with Gasteiger partial charge in [-0.25, -0.2) is 0 Å². The van der Waals surface area contributed by atoms with E-state index in [-0.39, 0.29) is 24.4 Å². The molecule has 15 heavy (non-hydrogen) atoms. The van der Waals surface area contributed by atoms with Crippen LogP contribution in [0.25, 0.3) is 0 Å². The first kappa shape index (κ1) is 12.8. The second kappa shape index (κ2) is 5.69. The second-order valence-electron chi connectivity index (χ2n) is 4.19. The van der Waals surface area contributed by atoms with Gasteiger partial charge in [-0.1, -0.05) is 23.8 Å². The summed E-state index contributed by atoms with van der Waals surface area (Å²) >= 11 is 6.11. The van der Waals surface area contributed by atoms with Gasteiger partial charge in [0.2, 0.25) is 0 Å². The average Bonchev–Trinajstić information content (AvgIpc) is 2.09. The number of hydrogen-bond donors (Lipinski definition) is 0. The lowest BCUT2D eigenvalue weighted by atomic mass is 10.1. The standard InChI is InChI=1S/C12H19ClO2/c1-8(2)14-11-7-5-6-10(13)12(11)15-9(3)4/h5-9,11-12H,1-4H3/t11-,12+/m0/s1. The van der Waals surface area contributed by atoms with Crippen molar-refractivity contribution in [2.75, 3.05) is 0 Å². The Bertz CT molecular complexity index is 256. The number of hydrogen-bond acceptors (Lipinski definition) is 2. The Labute approximate surface area is 96.9 Å². The predicted molar refractivity (Wildman–Crippen MR) is 63.1 cm³/mol. The third-order valence-corrected chi connectivity index (χ3v) is 2.32. The molecule has 0 saturated carbocycles. The molecule has 3 heteroatoms. The molecule has 2 atom stereocenters. The van der Waals surface area contributed by atoms with Gasteiger partial charge >= 0.3 is 0 Å². The van der Waals surface area contributed by atoms with Crippen LogP contribution in [0.5, 0.6) is 0 Å². The highest BCUT2D eigenvalue weighted by Crippen LogP contribution is 2.24. The van der Waals surface area contributed by atoms with Crippen molar-refractivity contribution < 1.29 is 9.47 Å². The molecule has 0 unspecified atom stereocenters. The molecular formula is C12H19ClO2. The van der Waals surface area contributed by atoms with Gasteiger partial charge in [0.15, 0.2) is 0 Å².